The summed E-state index contributed by atoms with van der Waals surface area (Å²) in [6.45, 7) is 4.67. The average molecular weight is 552 g/mol. The topological polar surface area (TPSA) is 38.7 Å². The monoisotopic (exact) mass is 551 g/mol. The Labute approximate surface area is 251 Å². The lowest BCUT2D eigenvalue weighted by atomic mass is 9.82. The van der Waals surface area contributed by atoms with E-state index in [2.05, 4.69) is 134 Å². The summed E-state index contributed by atoms with van der Waals surface area (Å²) in [5.74, 6) is 0.710. The fourth-order valence-electron chi connectivity index (χ4n) is 6.58. The van der Waals surface area contributed by atoms with Gasteiger partial charge in [-0.3, -0.25) is 4.98 Å². The third-order valence-corrected chi connectivity index (χ3v) is 8.80. The van der Waals surface area contributed by atoms with Gasteiger partial charge in [-0.25, -0.2) is 9.97 Å². The molecule has 1 aliphatic carbocycles. The quantitative estimate of drug-likeness (QED) is 0.218. The number of fused-ring (bicyclic) bond motifs is 5. The van der Waals surface area contributed by atoms with E-state index in [1.54, 1.807) is 6.20 Å². The van der Waals surface area contributed by atoms with Gasteiger partial charge in [-0.15, -0.1) is 0 Å². The summed E-state index contributed by atoms with van der Waals surface area (Å²) in [6.07, 6.45) is 3.68. The zero-order chi connectivity index (χ0) is 29.0. The second-order valence-corrected chi connectivity index (χ2v) is 11.7. The van der Waals surface area contributed by atoms with E-state index in [0.29, 0.717) is 5.82 Å². The van der Waals surface area contributed by atoms with Crippen molar-refractivity contribution in [2.24, 2.45) is 0 Å². The molecule has 3 heteroatoms. The molecule has 0 aliphatic heterocycles. The van der Waals surface area contributed by atoms with Gasteiger partial charge in [0, 0.05) is 34.5 Å². The molecule has 0 bridgehead atoms. The van der Waals surface area contributed by atoms with Gasteiger partial charge in [0.15, 0.2) is 5.82 Å². The Morgan fingerprint density at radius 2 is 1.23 bits per heavy atom. The normalized spacial score (nSPS) is 13.1. The standard InChI is InChI=1S/C40H29N3/c1-40(2)33-16-8-15-32(38(33)37-31-14-7-6-10-27(31)21-22-34(37)40)36-24-35(28-11-4-3-5-12-28)42-39(43-36)29-19-17-26(18-20-29)30-13-9-23-41-25-30/h3-25H,1-2H3. The fraction of sp³-hybridized carbons (Fsp3) is 0.0750. The Kier molecular flexibility index (Phi) is 5.80. The maximum absolute atomic E-state index is 5.26. The highest BCUT2D eigenvalue weighted by atomic mass is 14.9. The predicted octanol–water partition coefficient (Wildman–Crippen LogP) is 10.00. The molecule has 2 aromatic heterocycles. The number of nitrogens with zero attached hydrogens (tertiary/aromatic N) is 3. The Bertz CT molecular complexity index is 2130. The third kappa shape index (κ3) is 4.16. The van der Waals surface area contributed by atoms with Crippen LogP contribution in [0.4, 0.5) is 0 Å². The lowest BCUT2D eigenvalue weighted by Gasteiger charge is -2.21. The summed E-state index contributed by atoms with van der Waals surface area (Å²) in [4.78, 5) is 14.6. The molecule has 0 fully saturated rings. The molecule has 5 aromatic carbocycles. The Morgan fingerprint density at radius 1 is 0.512 bits per heavy atom. The molecule has 0 amide bonds. The van der Waals surface area contributed by atoms with Crippen LogP contribution >= 0.6 is 0 Å². The van der Waals surface area contributed by atoms with Gasteiger partial charge in [-0.2, -0.15) is 0 Å². The summed E-state index contributed by atoms with van der Waals surface area (Å²) in [5.41, 5.74) is 12.4. The number of aromatic nitrogens is 3. The van der Waals surface area contributed by atoms with Crippen LogP contribution in [0.15, 0.2) is 140 Å². The minimum Gasteiger partial charge on any atom is -0.264 e. The van der Waals surface area contributed by atoms with E-state index in [4.69, 9.17) is 9.97 Å². The zero-order valence-electron chi connectivity index (χ0n) is 24.1. The van der Waals surface area contributed by atoms with E-state index in [9.17, 15) is 0 Å². The van der Waals surface area contributed by atoms with Gasteiger partial charge in [0.25, 0.3) is 0 Å². The minimum absolute atomic E-state index is 0.120. The first-order valence-electron chi connectivity index (χ1n) is 14.7. The smallest absolute Gasteiger partial charge is 0.160 e. The summed E-state index contributed by atoms with van der Waals surface area (Å²) < 4.78 is 0. The highest BCUT2D eigenvalue weighted by Crippen LogP contribution is 2.54. The van der Waals surface area contributed by atoms with E-state index in [-0.39, 0.29) is 5.41 Å². The first kappa shape index (κ1) is 25.3. The van der Waals surface area contributed by atoms with Crippen molar-refractivity contribution in [3.63, 3.8) is 0 Å². The van der Waals surface area contributed by atoms with E-state index >= 15 is 0 Å². The lowest BCUT2D eigenvalue weighted by molar-refractivity contribution is 0.661. The van der Waals surface area contributed by atoms with Crippen LogP contribution in [-0.2, 0) is 5.41 Å². The summed E-state index contributed by atoms with van der Waals surface area (Å²) in [5, 5.41) is 2.53. The fourth-order valence-corrected chi connectivity index (χ4v) is 6.58. The first-order valence-corrected chi connectivity index (χ1v) is 14.7. The average Bonchev–Trinajstić information content (AvgIpc) is 3.32. The summed E-state index contributed by atoms with van der Waals surface area (Å²) in [6, 6.07) is 45.0. The van der Waals surface area contributed by atoms with Gasteiger partial charge in [0.05, 0.1) is 11.4 Å². The maximum Gasteiger partial charge on any atom is 0.160 e. The van der Waals surface area contributed by atoms with Gasteiger partial charge >= 0.3 is 0 Å². The van der Waals surface area contributed by atoms with Gasteiger partial charge < -0.3 is 0 Å². The van der Waals surface area contributed by atoms with Crippen LogP contribution in [0.2, 0.25) is 0 Å². The second-order valence-electron chi connectivity index (χ2n) is 11.7. The zero-order valence-corrected chi connectivity index (χ0v) is 24.1. The van der Waals surface area contributed by atoms with Crippen LogP contribution in [-0.4, -0.2) is 15.0 Å². The Hall–Kier alpha value is -5.41. The molecular formula is C40H29N3. The van der Waals surface area contributed by atoms with Crippen LogP contribution < -0.4 is 0 Å². The molecule has 43 heavy (non-hydrogen) atoms. The van der Waals surface area contributed by atoms with Crippen molar-refractivity contribution >= 4 is 10.8 Å². The van der Waals surface area contributed by atoms with E-state index in [1.807, 2.05) is 18.3 Å². The second kappa shape index (κ2) is 9.85. The molecule has 1 aliphatic rings. The van der Waals surface area contributed by atoms with Gasteiger partial charge in [0.2, 0.25) is 0 Å². The van der Waals surface area contributed by atoms with E-state index in [1.165, 1.54) is 33.0 Å². The van der Waals surface area contributed by atoms with Crippen molar-refractivity contribution in [3.05, 3.63) is 151 Å². The molecule has 0 saturated carbocycles. The first-order chi connectivity index (χ1) is 21.1. The number of hydrogen-bond donors (Lipinski definition) is 0. The molecule has 7 aromatic rings. The van der Waals surface area contributed by atoms with Crippen LogP contribution in [0, 0.1) is 0 Å². The van der Waals surface area contributed by atoms with Crippen molar-refractivity contribution in [3.8, 4) is 56.2 Å². The summed E-state index contributed by atoms with van der Waals surface area (Å²) >= 11 is 0. The van der Waals surface area contributed by atoms with Crippen molar-refractivity contribution in [1.29, 1.82) is 0 Å². The highest BCUT2D eigenvalue weighted by molar-refractivity contribution is 6.06. The van der Waals surface area contributed by atoms with E-state index in [0.717, 1.165) is 39.2 Å². The molecule has 0 unspecified atom stereocenters. The van der Waals surface area contributed by atoms with Crippen LogP contribution in [0.25, 0.3) is 66.9 Å². The minimum atomic E-state index is -0.120. The van der Waals surface area contributed by atoms with Crippen molar-refractivity contribution in [2.45, 2.75) is 19.3 Å². The molecule has 8 rings (SSSR count). The predicted molar refractivity (Wildman–Crippen MR) is 177 cm³/mol. The largest absolute Gasteiger partial charge is 0.264 e. The van der Waals surface area contributed by atoms with Crippen molar-refractivity contribution < 1.29 is 0 Å². The molecule has 2 heterocycles. The molecule has 0 radical (unpaired) electrons. The molecule has 0 spiro atoms. The van der Waals surface area contributed by atoms with Gasteiger partial charge in [0.1, 0.15) is 0 Å². The molecular weight excluding hydrogens is 522 g/mol. The number of pyridine rings is 1. The van der Waals surface area contributed by atoms with Crippen LogP contribution in [0.1, 0.15) is 25.0 Å². The molecule has 0 atom stereocenters. The molecule has 0 saturated heterocycles. The van der Waals surface area contributed by atoms with Gasteiger partial charge in [-0.1, -0.05) is 129 Å². The van der Waals surface area contributed by atoms with Crippen LogP contribution in [0.3, 0.4) is 0 Å². The van der Waals surface area contributed by atoms with Crippen molar-refractivity contribution in [2.75, 3.05) is 0 Å². The highest BCUT2D eigenvalue weighted by Gasteiger charge is 2.38. The van der Waals surface area contributed by atoms with Crippen molar-refractivity contribution in [1.82, 2.24) is 15.0 Å². The van der Waals surface area contributed by atoms with Gasteiger partial charge in [-0.05, 0) is 56.3 Å². The molecule has 0 N–H and O–H groups in total. The lowest BCUT2D eigenvalue weighted by Crippen LogP contribution is -2.14. The molecule has 3 nitrogen and oxygen atoms in total. The number of benzene rings is 5. The van der Waals surface area contributed by atoms with E-state index < -0.39 is 0 Å². The maximum atomic E-state index is 5.26. The van der Waals surface area contributed by atoms with Crippen LogP contribution in [0.5, 0.6) is 0 Å². The molecule has 204 valence electrons. The number of rotatable bonds is 4. The Balaban J connectivity index is 1.35. The number of hydrogen-bond acceptors (Lipinski definition) is 3. The SMILES string of the molecule is CC1(C)c2cccc(-c3cc(-c4ccccc4)nc(-c4ccc(-c5cccnc5)cc4)n3)c2-c2c1ccc1ccccc21. The summed E-state index contributed by atoms with van der Waals surface area (Å²) in [7, 11) is 0. The third-order valence-electron chi connectivity index (χ3n) is 8.80. The Morgan fingerprint density at radius 3 is 2.05 bits per heavy atom.